The second-order valence-corrected chi connectivity index (χ2v) is 8.45. The van der Waals surface area contributed by atoms with Gasteiger partial charge in [0.15, 0.2) is 5.78 Å². The van der Waals surface area contributed by atoms with E-state index in [9.17, 15) is 18.4 Å². The molecule has 1 heterocycles. The first-order valence-electron chi connectivity index (χ1n) is 11.4. The summed E-state index contributed by atoms with van der Waals surface area (Å²) < 4.78 is 41.6. The minimum absolute atomic E-state index is 0.0510. The maximum atomic E-state index is 15.0. The number of pyridine rings is 1. The van der Waals surface area contributed by atoms with Crippen LogP contribution in [0.4, 0.5) is 18.9 Å². The molecule has 176 valence electrons. The summed E-state index contributed by atoms with van der Waals surface area (Å²) in [6.07, 6.45) is 3.28. The molecular formula is C27H25F3N2O2. The minimum Gasteiger partial charge on any atom is -0.307 e. The number of benzene rings is 2. The Hall–Kier alpha value is -3.48. The van der Waals surface area contributed by atoms with E-state index < -0.39 is 17.7 Å². The lowest BCUT2D eigenvalue weighted by Gasteiger charge is -2.37. The summed E-state index contributed by atoms with van der Waals surface area (Å²) in [6, 6.07) is 14.0. The van der Waals surface area contributed by atoms with Crippen LogP contribution in [0.2, 0.25) is 0 Å². The van der Waals surface area contributed by atoms with Crippen LogP contribution in [0.3, 0.4) is 0 Å². The third kappa shape index (κ3) is 5.03. The SMILES string of the molecule is CCC(=O)N(c1ccc(-c2ccc(C(=O)CCc3ccc(F)nc3F)cc2)cc1F)C1CCC1. The van der Waals surface area contributed by atoms with Crippen molar-refractivity contribution in [3.63, 3.8) is 0 Å². The molecule has 1 aliphatic rings. The molecule has 0 spiro atoms. The third-order valence-electron chi connectivity index (χ3n) is 6.27. The van der Waals surface area contributed by atoms with Crippen LogP contribution in [0.5, 0.6) is 0 Å². The number of hydrogen-bond donors (Lipinski definition) is 0. The van der Waals surface area contributed by atoms with E-state index >= 15 is 4.39 Å². The Balaban J connectivity index is 1.46. The molecule has 0 saturated heterocycles. The molecule has 4 nitrogen and oxygen atoms in total. The summed E-state index contributed by atoms with van der Waals surface area (Å²) >= 11 is 0. The second-order valence-electron chi connectivity index (χ2n) is 8.45. The monoisotopic (exact) mass is 466 g/mol. The Morgan fingerprint density at radius 1 is 0.971 bits per heavy atom. The van der Waals surface area contributed by atoms with Gasteiger partial charge in [-0.1, -0.05) is 37.3 Å². The number of halogens is 3. The number of nitrogens with zero attached hydrogens (tertiary/aromatic N) is 2. The maximum absolute atomic E-state index is 15.0. The van der Waals surface area contributed by atoms with E-state index in [1.165, 1.54) is 12.1 Å². The minimum atomic E-state index is -0.912. The van der Waals surface area contributed by atoms with E-state index in [-0.39, 0.29) is 36.1 Å². The maximum Gasteiger partial charge on any atom is 0.227 e. The van der Waals surface area contributed by atoms with E-state index in [1.54, 1.807) is 48.2 Å². The molecule has 34 heavy (non-hydrogen) atoms. The summed E-state index contributed by atoms with van der Waals surface area (Å²) in [5, 5.41) is 0. The fourth-order valence-corrected chi connectivity index (χ4v) is 4.10. The Morgan fingerprint density at radius 2 is 1.68 bits per heavy atom. The van der Waals surface area contributed by atoms with Crippen LogP contribution in [0.25, 0.3) is 11.1 Å². The van der Waals surface area contributed by atoms with Crippen molar-refractivity contribution >= 4 is 17.4 Å². The standard InChI is InChI=1S/C27H25F3N2O2/c1-2-26(34)32(21-4-3-5-21)23-13-10-20(16-22(23)28)17-6-8-18(9-7-17)24(33)14-11-19-12-15-25(29)31-27(19)30/h6-10,12-13,15-16,21H,2-5,11,14H2,1H3. The molecule has 0 bridgehead atoms. The van der Waals surface area contributed by atoms with E-state index in [2.05, 4.69) is 4.98 Å². The number of carbonyl (C=O) groups is 2. The van der Waals surface area contributed by atoms with Crippen molar-refractivity contribution < 1.29 is 22.8 Å². The number of rotatable bonds is 8. The fourth-order valence-electron chi connectivity index (χ4n) is 4.10. The Bertz CT molecular complexity index is 1210. The molecule has 7 heteroatoms. The Morgan fingerprint density at radius 3 is 2.26 bits per heavy atom. The van der Waals surface area contributed by atoms with E-state index in [1.807, 2.05) is 0 Å². The summed E-state index contributed by atoms with van der Waals surface area (Å²) in [5.74, 6) is -2.55. The molecule has 1 amide bonds. The average Bonchev–Trinajstić information content (AvgIpc) is 2.80. The van der Waals surface area contributed by atoms with Crippen molar-refractivity contribution in [2.45, 2.75) is 51.5 Å². The van der Waals surface area contributed by atoms with Gasteiger partial charge in [0, 0.05) is 30.0 Å². The number of anilines is 1. The first-order valence-corrected chi connectivity index (χ1v) is 11.4. The molecule has 1 aliphatic carbocycles. The quantitative estimate of drug-likeness (QED) is 0.290. The van der Waals surface area contributed by atoms with Gasteiger partial charge < -0.3 is 4.90 Å². The number of aromatic nitrogens is 1. The van der Waals surface area contributed by atoms with E-state index in [0.29, 0.717) is 23.2 Å². The molecule has 2 aromatic carbocycles. The van der Waals surface area contributed by atoms with Crippen LogP contribution in [0, 0.1) is 17.7 Å². The van der Waals surface area contributed by atoms with Crippen molar-refractivity contribution in [2.24, 2.45) is 0 Å². The smallest absolute Gasteiger partial charge is 0.227 e. The number of Topliss-reactive ketones (excluding diaryl/α,β-unsaturated/α-hetero) is 1. The normalized spacial score (nSPS) is 13.4. The van der Waals surface area contributed by atoms with Gasteiger partial charge in [-0.3, -0.25) is 9.59 Å². The van der Waals surface area contributed by atoms with Gasteiger partial charge in [-0.05, 0) is 61.1 Å². The summed E-state index contributed by atoms with van der Waals surface area (Å²) in [4.78, 5) is 29.6. The van der Waals surface area contributed by atoms with Gasteiger partial charge in [-0.2, -0.15) is 13.8 Å². The van der Waals surface area contributed by atoms with Gasteiger partial charge >= 0.3 is 0 Å². The lowest BCUT2D eigenvalue weighted by Crippen LogP contribution is -2.44. The highest BCUT2D eigenvalue weighted by Crippen LogP contribution is 2.34. The fraction of sp³-hybridized carbons (Fsp3) is 0.296. The van der Waals surface area contributed by atoms with E-state index in [4.69, 9.17) is 0 Å². The molecule has 0 unspecified atom stereocenters. The largest absolute Gasteiger partial charge is 0.307 e. The van der Waals surface area contributed by atoms with Gasteiger partial charge in [0.2, 0.25) is 17.8 Å². The van der Waals surface area contributed by atoms with Crippen LogP contribution < -0.4 is 4.90 Å². The van der Waals surface area contributed by atoms with E-state index in [0.717, 1.165) is 30.9 Å². The number of hydrogen-bond acceptors (Lipinski definition) is 3. The molecule has 4 rings (SSSR count). The van der Waals surface area contributed by atoms with Gasteiger partial charge in [0.25, 0.3) is 0 Å². The van der Waals surface area contributed by atoms with Crippen LogP contribution >= 0.6 is 0 Å². The highest BCUT2D eigenvalue weighted by atomic mass is 19.1. The number of amides is 1. The lowest BCUT2D eigenvalue weighted by atomic mass is 9.90. The molecular weight excluding hydrogens is 441 g/mol. The summed E-state index contributed by atoms with van der Waals surface area (Å²) in [5.41, 5.74) is 2.29. The topological polar surface area (TPSA) is 50.3 Å². The zero-order valence-electron chi connectivity index (χ0n) is 18.9. The van der Waals surface area contributed by atoms with Crippen LogP contribution in [0.1, 0.15) is 54.9 Å². The molecule has 3 aromatic rings. The molecule has 1 aromatic heterocycles. The van der Waals surface area contributed by atoms with Crippen molar-refractivity contribution in [3.8, 4) is 11.1 Å². The lowest BCUT2D eigenvalue weighted by molar-refractivity contribution is -0.119. The van der Waals surface area contributed by atoms with Crippen molar-refractivity contribution in [1.29, 1.82) is 0 Å². The second kappa shape index (κ2) is 10.2. The zero-order chi connectivity index (χ0) is 24.2. The highest BCUT2D eigenvalue weighted by Gasteiger charge is 2.30. The van der Waals surface area contributed by atoms with Crippen molar-refractivity contribution in [3.05, 3.63) is 83.4 Å². The number of aryl methyl sites for hydroxylation is 1. The third-order valence-corrected chi connectivity index (χ3v) is 6.27. The van der Waals surface area contributed by atoms with Crippen LogP contribution in [-0.2, 0) is 11.2 Å². The van der Waals surface area contributed by atoms with Crippen molar-refractivity contribution in [1.82, 2.24) is 4.98 Å². The molecule has 0 atom stereocenters. The highest BCUT2D eigenvalue weighted by molar-refractivity contribution is 5.97. The van der Waals surface area contributed by atoms with Gasteiger partial charge in [-0.25, -0.2) is 4.39 Å². The predicted octanol–water partition coefficient (Wildman–Crippen LogP) is 6.28. The van der Waals surface area contributed by atoms with Crippen LogP contribution in [0.15, 0.2) is 54.6 Å². The molecule has 0 aliphatic heterocycles. The number of ketones is 1. The summed E-state index contributed by atoms with van der Waals surface area (Å²) in [6.45, 7) is 1.77. The number of carbonyl (C=O) groups excluding carboxylic acids is 2. The van der Waals surface area contributed by atoms with Gasteiger partial charge in [0.05, 0.1) is 5.69 Å². The first kappa shape index (κ1) is 23.7. The van der Waals surface area contributed by atoms with Crippen molar-refractivity contribution in [2.75, 3.05) is 4.90 Å². The van der Waals surface area contributed by atoms with Crippen LogP contribution in [-0.4, -0.2) is 22.7 Å². The van der Waals surface area contributed by atoms with Gasteiger partial charge in [0.1, 0.15) is 5.82 Å². The Labute approximate surface area is 196 Å². The summed E-state index contributed by atoms with van der Waals surface area (Å²) in [7, 11) is 0. The molecule has 1 saturated carbocycles. The Kier molecular flexibility index (Phi) is 7.10. The first-order chi connectivity index (χ1) is 16.4. The molecule has 0 radical (unpaired) electrons. The predicted molar refractivity (Wildman–Crippen MR) is 124 cm³/mol. The molecule has 1 fully saturated rings. The molecule has 0 N–H and O–H groups in total. The average molecular weight is 467 g/mol. The zero-order valence-corrected chi connectivity index (χ0v) is 18.9. The van der Waals surface area contributed by atoms with Gasteiger partial charge in [-0.15, -0.1) is 0 Å².